The summed E-state index contributed by atoms with van der Waals surface area (Å²) in [6.07, 6.45) is 6.22. The van der Waals surface area contributed by atoms with E-state index in [9.17, 15) is 9.59 Å². The van der Waals surface area contributed by atoms with Crippen LogP contribution in [0.1, 0.15) is 11.1 Å². The number of carbonyl (C=O) groups is 2. The molecule has 0 radical (unpaired) electrons. The maximum atomic E-state index is 11.7. The van der Waals surface area contributed by atoms with E-state index in [1.807, 2.05) is 24.3 Å². The van der Waals surface area contributed by atoms with Gasteiger partial charge in [0, 0.05) is 10.0 Å². The van der Waals surface area contributed by atoms with E-state index in [4.69, 9.17) is 23.2 Å². The third kappa shape index (κ3) is 6.97. The topological polar surface area (TPSA) is 34.1 Å². The molecule has 0 unspecified atom stereocenters. The Morgan fingerprint density at radius 1 is 0.667 bits per heavy atom. The van der Waals surface area contributed by atoms with Gasteiger partial charge in [0.15, 0.2) is 0 Å². The van der Waals surface area contributed by atoms with Crippen LogP contribution in [-0.2, 0) is 9.59 Å². The second kappa shape index (κ2) is 9.74. The van der Waals surface area contributed by atoms with Gasteiger partial charge in [0.1, 0.15) is 0 Å². The zero-order valence-corrected chi connectivity index (χ0v) is 15.5. The standard InChI is InChI=1S/C18H12Cl2O2S2/c19-15-7-1-13(2-8-15)5-11-17(21)23-24-18(22)12-6-14-3-9-16(20)10-4-14/h1-12H/b11-5+,12-6+. The van der Waals surface area contributed by atoms with Gasteiger partial charge in [-0.3, -0.25) is 9.59 Å². The van der Waals surface area contributed by atoms with Gasteiger partial charge in [-0.05, 0) is 69.1 Å². The molecule has 122 valence electrons. The molecule has 0 heterocycles. The maximum Gasteiger partial charge on any atom is 0.223 e. The van der Waals surface area contributed by atoms with Gasteiger partial charge >= 0.3 is 0 Å². The average Bonchev–Trinajstić information content (AvgIpc) is 2.59. The highest BCUT2D eigenvalue weighted by molar-refractivity contribution is 8.87. The van der Waals surface area contributed by atoms with Gasteiger partial charge in [-0.1, -0.05) is 59.6 Å². The molecule has 0 amide bonds. The van der Waals surface area contributed by atoms with Crippen LogP contribution < -0.4 is 0 Å². The van der Waals surface area contributed by atoms with E-state index in [0.717, 1.165) is 32.7 Å². The predicted octanol–water partition coefficient (Wildman–Crippen LogP) is 6.15. The summed E-state index contributed by atoms with van der Waals surface area (Å²) in [5.41, 5.74) is 1.74. The molecule has 0 saturated carbocycles. The summed E-state index contributed by atoms with van der Waals surface area (Å²) in [6, 6.07) is 14.2. The average molecular weight is 395 g/mol. The van der Waals surface area contributed by atoms with Crippen molar-refractivity contribution >= 4 is 67.2 Å². The lowest BCUT2D eigenvalue weighted by Gasteiger charge is -1.95. The molecule has 2 aromatic rings. The zero-order valence-electron chi connectivity index (χ0n) is 12.3. The Morgan fingerprint density at radius 3 is 1.33 bits per heavy atom. The SMILES string of the molecule is O=C(/C=C/c1ccc(Cl)cc1)SSC(=O)/C=C/c1ccc(Cl)cc1. The Kier molecular flexibility index (Phi) is 7.66. The summed E-state index contributed by atoms with van der Waals surface area (Å²) in [5, 5.41) is 0.870. The fourth-order valence-corrected chi connectivity index (χ4v) is 3.10. The number of benzene rings is 2. The molecular formula is C18H12Cl2O2S2. The molecule has 0 aliphatic carbocycles. The Balaban J connectivity index is 1.79. The molecule has 2 nitrogen and oxygen atoms in total. The van der Waals surface area contributed by atoms with Crippen LogP contribution in [0.25, 0.3) is 12.2 Å². The fourth-order valence-electron chi connectivity index (χ4n) is 1.61. The third-order valence-electron chi connectivity index (χ3n) is 2.77. The van der Waals surface area contributed by atoms with Gasteiger partial charge in [0.25, 0.3) is 0 Å². The minimum absolute atomic E-state index is 0.205. The minimum Gasteiger partial charge on any atom is -0.281 e. The number of hydrogen-bond acceptors (Lipinski definition) is 4. The molecular weight excluding hydrogens is 383 g/mol. The first kappa shape index (κ1) is 18.9. The highest BCUT2D eigenvalue weighted by Gasteiger charge is 2.04. The molecule has 2 rings (SSSR count). The van der Waals surface area contributed by atoms with Crippen molar-refractivity contribution in [3.05, 3.63) is 81.9 Å². The van der Waals surface area contributed by atoms with E-state index in [2.05, 4.69) is 0 Å². The first-order valence-corrected chi connectivity index (χ1v) is 9.73. The van der Waals surface area contributed by atoms with E-state index in [0.29, 0.717) is 10.0 Å². The Morgan fingerprint density at radius 2 is 1.00 bits per heavy atom. The van der Waals surface area contributed by atoms with Crippen LogP contribution >= 0.6 is 44.8 Å². The summed E-state index contributed by atoms with van der Waals surface area (Å²) >= 11 is 11.6. The Labute approximate surface area is 158 Å². The van der Waals surface area contributed by atoms with Crippen molar-refractivity contribution < 1.29 is 9.59 Å². The maximum absolute atomic E-state index is 11.7. The van der Waals surface area contributed by atoms with Crippen LogP contribution in [0.3, 0.4) is 0 Å². The summed E-state index contributed by atoms with van der Waals surface area (Å²) in [4.78, 5) is 23.5. The van der Waals surface area contributed by atoms with Gasteiger partial charge in [-0.15, -0.1) is 0 Å². The normalized spacial score (nSPS) is 11.2. The van der Waals surface area contributed by atoms with E-state index < -0.39 is 0 Å². The van der Waals surface area contributed by atoms with Crippen molar-refractivity contribution in [1.82, 2.24) is 0 Å². The van der Waals surface area contributed by atoms with Crippen LogP contribution in [-0.4, -0.2) is 10.2 Å². The van der Waals surface area contributed by atoms with Crippen molar-refractivity contribution in [3.63, 3.8) is 0 Å². The molecule has 0 atom stereocenters. The molecule has 0 fully saturated rings. The lowest BCUT2D eigenvalue weighted by Crippen LogP contribution is -1.86. The molecule has 0 aromatic heterocycles. The lowest BCUT2D eigenvalue weighted by molar-refractivity contribution is -0.108. The predicted molar refractivity (Wildman–Crippen MR) is 106 cm³/mol. The van der Waals surface area contributed by atoms with Crippen LogP contribution in [0.15, 0.2) is 60.7 Å². The van der Waals surface area contributed by atoms with Crippen molar-refractivity contribution in [1.29, 1.82) is 0 Å². The number of halogens is 2. The molecule has 0 bridgehead atoms. The van der Waals surface area contributed by atoms with Gasteiger partial charge in [-0.2, -0.15) is 0 Å². The summed E-state index contributed by atoms with van der Waals surface area (Å²) in [6.45, 7) is 0. The summed E-state index contributed by atoms with van der Waals surface area (Å²) < 4.78 is 0. The second-order valence-corrected chi connectivity index (χ2v) is 7.59. The molecule has 0 N–H and O–H groups in total. The first-order valence-electron chi connectivity index (χ1n) is 6.83. The first-order chi connectivity index (χ1) is 11.5. The molecule has 0 saturated heterocycles. The van der Waals surface area contributed by atoms with Gasteiger partial charge in [-0.25, -0.2) is 0 Å². The molecule has 0 aliphatic heterocycles. The number of carbonyl (C=O) groups excluding carboxylic acids is 2. The zero-order chi connectivity index (χ0) is 17.4. The van der Waals surface area contributed by atoms with Gasteiger partial charge in [0.05, 0.1) is 0 Å². The van der Waals surface area contributed by atoms with Crippen molar-refractivity contribution in [3.8, 4) is 0 Å². The number of hydrogen-bond donors (Lipinski definition) is 0. The van der Waals surface area contributed by atoms with Gasteiger partial charge < -0.3 is 0 Å². The van der Waals surface area contributed by atoms with E-state index >= 15 is 0 Å². The van der Waals surface area contributed by atoms with Crippen LogP contribution in [0.4, 0.5) is 0 Å². The molecule has 6 heteroatoms. The van der Waals surface area contributed by atoms with Gasteiger partial charge in [0.2, 0.25) is 10.2 Å². The molecule has 0 aliphatic rings. The molecule has 0 spiro atoms. The van der Waals surface area contributed by atoms with Crippen molar-refractivity contribution in [2.24, 2.45) is 0 Å². The highest BCUT2D eigenvalue weighted by Crippen LogP contribution is 2.25. The second-order valence-electron chi connectivity index (χ2n) is 4.57. The van der Waals surface area contributed by atoms with Crippen molar-refractivity contribution in [2.45, 2.75) is 0 Å². The summed E-state index contributed by atoms with van der Waals surface area (Å²) in [7, 11) is 1.77. The van der Waals surface area contributed by atoms with E-state index in [1.165, 1.54) is 12.2 Å². The number of rotatable bonds is 4. The Bertz CT molecular complexity index is 699. The smallest absolute Gasteiger partial charge is 0.223 e. The third-order valence-corrected chi connectivity index (χ3v) is 5.19. The lowest BCUT2D eigenvalue weighted by atomic mass is 10.2. The molecule has 2 aromatic carbocycles. The fraction of sp³-hybridized carbons (Fsp3) is 0. The van der Waals surface area contributed by atoms with Crippen molar-refractivity contribution in [2.75, 3.05) is 0 Å². The van der Waals surface area contributed by atoms with Crippen LogP contribution in [0.5, 0.6) is 0 Å². The quantitative estimate of drug-likeness (QED) is 0.459. The van der Waals surface area contributed by atoms with Crippen LogP contribution in [0, 0.1) is 0 Å². The van der Waals surface area contributed by atoms with E-state index in [-0.39, 0.29) is 10.2 Å². The van der Waals surface area contributed by atoms with E-state index in [1.54, 1.807) is 36.4 Å². The summed E-state index contributed by atoms with van der Waals surface area (Å²) in [5.74, 6) is 0. The highest BCUT2D eigenvalue weighted by atomic mass is 35.5. The largest absolute Gasteiger partial charge is 0.281 e. The Hall–Kier alpha value is -1.46. The monoisotopic (exact) mass is 394 g/mol. The molecule has 24 heavy (non-hydrogen) atoms. The van der Waals surface area contributed by atoms with Crippen LogP contribution in [0.2, 0.25) is 10.0 Å². The minimum atomic E-state index is -0.205.